The highest BCUT2D eigenvalue weighted by Crippen LogP contribution is 2.09. The molecule has 1 aliphatic rings. The molecule has 1 fully saturated rings. The summed E-state index contributed by atoms with van der Waals surface area (Å²) in [5.41, 5.74) is 0. The highest BCUT2D eigenvalue weighted by Gasteiger charge is 2.14. The van der Waals surface area contributed by atoms with Crippen LogP contribution in [0.15, 0.2) is 0 Å². The molecular formula is C10H22N2O2. The maximum Gasteiger partial charge on any atom is 0.0558 e. The molecule has 3 N–H and O–H groups in total. The van der Waals surface area contributed by atoms with Crippen LogP contribution in [0.3, 0.4) is 0 Å². The smallest absolute Gasteiger partial charge is 0.0558 e. The van der Waals surface area contributed by atoms with Crippen LogP contribution >= 0.6 is 0 Å². The van der Waals surface area contributed by atoms with Crippen LogP contribution in [0.5, 0.6) is 0 Å². The molecule has 0 aliphatic carbocycles. The zero-order valence-corrected chi connectivity index (χ0v) is 8.78. The largest absolute Gasteiger partial charge is 0.395 e. The first kappa shape index (κ1) is 11.9. The molecule has 0 amide bonds. The van der Waals surface area contributed by atoms with E-state index in [1.165, 1.54) is 12.8 Å². The third-order valence-corrected chi connectivity index (χ3v) is 2.79. The van der Waals surface area contributed by atoms with Crippen LogP contribution < -0.4 is 5.32 Å². The van der Waals surface area contributed by atoms with Gasteiger partial charge in [-0.15, -0.1) is 0 Å². The average molecular weight is 202 g/mol. The van der Waals surface area contributed by atoms with Gasteiger partial charge in [-0.1, -0.05) is 0 Å². The van der Waals surface area contributed by atoms with Gasteiger partial charge in [-0.2, -0.15) is 0 Å². The van der Waals surface area contributed by atoms with Gasteiger partial charge in [0.2, 0.25) is 0 Å². The van der Waals surface area contributed by atoms with E-state index in [0.717, 1.165) is 19.5 Å². The van der Waals surface area contributed by atoms with E-state index >= 15 is 0 Å². The van der Waals surface area contributed by atoms with Gasteiger partial charge in [-0.25, -0.2) is 0 Å². The molecule has 14 heavy (non-hydrogen) atoms. The van der Waals surface area contributed by atoms with Gasteiger partial charge < -0.3 is 15.5 Å². The summed E-state index contributed by atoms with van der Waals surface area (Å²) in [4.78, 5) is 2.11. The van der Waals surface area contributed by atoms with E-state index in [4.69, 9.17) is 10.2 Å². The van der Waals surface area contributed by atoms with Crippen LogP contribution in [0.4, 0.5) is 0 Å². The Morgan fingerprint density at radius 2 is 1.86 bits per heavy atom. The van der Waals surface area contributed by atoms with Gasteiger partial charge >= 0.3 is 0 Å². The molecule has 0 radical (unpaired) electrons. The molecular weight excluding hydrogens is 180 g/mol. The summed E-state index contributed by atoms with van der Waals surface area (Å²) < 4.78 is 0. The van der Waals surface area contributed by atoms with E-state index in [0.29, 0.717) is 19.1 Å². The number of rotatable bonds is 7. The zero-order valence-electron chi connectivity index (χ0n) is 8.78. The average Bonchev–Trinajstić information content (AvgIpc) is 2.67. The SMILES string of the molecule is OCCN(CCO)CCC1CCCN1. The van der Waals surface area contributed by atoms with Crippen molar-refractivity contribution in [2.45, 2.75) is 25.3 Å². The van der Waals surface area contributed by atoms with Crippen molar-refractivity contribution in [1.29, 1.82) is 0 Å². The lowest BCUT2D eigenvalue weighted by Gasteiger charge is -2.21. The molecule has 0 spiro atoms. The first-order valence-electron chi connectivity index (χ1n) is 5.54. The Labute approximate surface area is 85.9 Å². The Bertz CT molecular complexity index is 132. The van der Waals surface area contributed by atoms with Crippen molar-refractivity contribution in [1.82, 2.24) is 10.2 Å². The summed E-state index contributed by atoms with van der Waals surface area (Å²) >= 11 is 0. The molecule has 1 rings (SSSR count). The molecule has 1 unspecified atom stereocenters. The van der Waals surface area contributed by atoms with Gasteiger partial charge in [0.15, 0.2) is 0 Å². The van der Waals surface area contributed by atoms with Gasteiger partial charge in [0.05, 0.1) is 13.2 Å². The van der Waals surface area contributed by atoms with Gasteiger partial charge in [0.1, 0.15) is 0 Å². The molecule has 84 valence electrons. The Morgan fingerprint density at radius 1 is 1.14 bits per heavy atom. The van der Waals surface area contributed by atoms with Crippen LogP contribution in [0.25, 0.3) is 0 Å². The first-order valence-corrected chi connectivity index (χ1v) is 5.54. The maximum absolute atomic E-state index is 8.82. The predicted octanol–water partition coefficient (Wildman–Crippen LogP) is -0.585. The second-order valence-electron chi connectivity index (χ2n) is 3.87. The van der Waals surface area contributed by atoms with Gasteiger partial charge in [-0.05, 0) is 32.4 Å². The van der Waals surface area contributed by atoms with Crippen molar-refractivity contribution >= 4 is 0 Å². The van der Waals surface area contributed by atoms with Gasteiger partial charge in [0, 0.05) is 19.1 Å². The standard InChI is InChI=1S/C10H22N2O2/c13-8-6-12(7-9-14)5-3-10-2-1-4-11-10/h10-11,13-14H,1-9H2. The van der Waals surface area contributed by atoms with E-state index in [-0.39, 0.29) is 13.2 Å². The minimum Gasteiger partial charge on any atom is -0.395 e. The second kappa shape index (κ2) is 7.17. The summed E-state index contributed by atoms with van der Waals surface area (Å²) in [6.45, 7) is 3.82. The molecule has 4 nitrogen and oxygen atoms in total. The highest BCUT2D eigenvalue weighted by molar-refractivity contribution is 4.75. The number of aliphatic hydroxyl groups is 2. The van der Waals surface area contributed by atoms with E-state index in [1.807, 2.05) is 0 Å². The van der Waals surface area contributed by atoms with Crippen LogP contribution in [-0.4, -0.2) is 60.5 Å². The number of nitrogens with one attached hydrogen (secondary N) is 1. The van der Waals surface area contributed by atoms with E-state index in [9.17, 15) is 0 Å². The lowest BCUT2D eigenvalue weighted by Crippen LogP contribution is -2.34. The lowest BCUT2D eigenvalue weighted by molar-refractivity contribution is 0.157. The third-order valence-electron chi connectivity index (χ3n) is 2.79. The van der Waals surface area contributed by atoms with Crippen LogP contribution in [-0.2, 0) is 0 Å². The summed E-state index contributed by atoms with van der Waals surface area (Å²) in [5.74, 6) is 0. The fraction of sp³-hybridized carbons (Fsp3) is 1.00. The van der Waals surface area contributed by atoms with Crippen molar-refractivity contribution in [2.24, 2.45) is 0 Å². The zero-order chi connectivity index (χ0) is 10.2. The van der Waals surface area contributed by atoms with Gasteiger partial charge in [-0.3, -0.25) is 4.90 Å². The second-order valence-corrected chi connectivity index (χ2v) is 3.87. The normalized spacial score (nSPS) is 22.1. The van der Waals surface area contributed by atoms with Crippen LogP contribution in [0.2, 0.25) is 0 Å². The Balaban J connectivity index is 2.10. The van der Waals surface area contributed by atoms with Crippen molar-refractivity contribution < 1.29 is 10.2 Å². The van der Waals surface area contributed by atoms with Crippen molar-refractivity contribution in [3.63, 3.8) is 0 Å². The number of aliphatic hydroxyl groups excluding tert-OH is 2. The van der Waals surface area contributed by atoms with Gasteiger partial charge in [0.25, 0.3) is 0 Å². The summed E-state index contributed by atoms with van der Waals surface area (Å²) in [5, 5.41) is 21.1. The summed E-state index contributed by atoms with van der Waals surface area (Å²) in [6.07, 6.45) is 3.68. The third kappa shape index (κ3) is 4.37. The minimum atomic E-state index is 0.179. The molecule has 0 aromatic heterocycles. The molecule has 0 bridgehead atoms. The lowest BCUT2D eigenvalue weighted by atomic mass is 10.1. The van der Waals surface area contributed by atoms with Crippen molar-refractivity contribution in [3.8, 4) is 0 Å². The number of hydrogen-bond donors (Lipinski definition) is 3. The maximum atomic E-state index is 8.82. The molecule has 1 heterocycles. The van der Waals surface area contributed by atoms with Crippen molar-refractivity contribution in [2.75, 3.05) is 39.4 Å². The van der Waals surface area contributed by atoms with Crippen LogP contribution in [0.1, 0.15) is 19.3 Å². The molecule has 1 atom stereocenters. The Hall–Kier alpha value is -0.160. The first-order chi connectivity index (χ1) is 6.86. The molecule has 0 aromatic rings. The molecule has 0 aromatic carbocycles. The van der Waals surface area contributed by atoms with E-state index < -0.39 is 0 Å². The topological polar surface area (TPSA) is 55.7 Å². The Kier molecular flexibility index (Phi) is 6.10. The summed E-state index contributed by atoms with van der Waals surface area (Å²) in [6, 6.07) is 0.648. The van der Waals surface area contributed by atoms with Crippen LogP contribution in [0, 0.1) is 0 Å². The van der Waals surface area contributed by atoms with E-state index in [2.05, 4.69) is 10.2 Å². The molecule has 0 saturated carbocycles. The minimum absolute atomic E-state index is 0.179. The fourth-order valence-corrected chi connectivity index (χ4v) is 1.96. The molecule has 4 heteroatoms. The fourth-order valence-electron chi connectivity index (χ4n) is 1.96. The monoisotopic (exact) mass is 202 g/mol. The quantitative estimate of drug-likeness (QED) is 0.517. The van der Waals surface area contributed by atoms with Crippen molar-refractivity contribution in [3.05, 3.63) is 0 Å². The summed E-state index contributed by atoms with van der Waals surface area (Å²) in [7, 11) is 0. The highest BCUT2D eigenvalue weighted by atomic mass is 16.3. The molecule has 1 saturated heterocycles. The molecule has 1 aliphatic heterocycles. The Morgan fingerprint density at radius 3 is 2.36 bits per heavy atom. The number of hydrogen-bond acceptors (Lipinski definition) is 4. The van der Waals surface area contributed by atoms with E-state index in [1.54, 1.807) is 0 Å². The predicted molar refractivity (Wildman–Crippen MR) is 56.3 cm³/mol. The number of nitrogens with zero attached hydrogens (tertiary/aromatic N) is 1.